The third-order valence-electron chi connectivity index (χ3n) is 8.38. The van der Waals surface area contributed by atoms with Crippen LogP contribution in [0.3, 0.4) is 0 Å². The van der Waals surface area contributed by atoms with Gasteiger partial charge >= 0.3 is 6.09 Å². The van der Waals surface area contributed by atoms with E-state index in [1.54, 1.807) is 25.1 Å². The minimum absolute atomic E-state index is 0.105. The molecule has 4 atom stereocenters. The maximum atomic E-state index is 13.2. The lowest BCUT2D eigenvalue weighted by Crippen LogP contribution is -2.46. The Morgan fingerprint density at radius 2 is 1.95 bits per heavy atom. The Balaban J connectivity index is 1.43. The number of hydrogen-bond acceptors (Lipinski definition) is 8. The van der Waals surface area contributed by atoms with Crippen molar-refractivity contribution in [2.75, 3.05) is 47.3 Å². The number of benzene rings is 1. The highest BCUT2D eigenvalue weighted by molar-refractivity contribution is 5.88. The van der Waals surface area contributed by atoms with Crippen LogP contribution in [0.15, 0.2) is 12.1 Å². The first kappa shape index (κ1) is 28.3. The van der Waals surface area contributed by atoms with Gasteiger partial charge in [-0.3, -0.25) is 9.59 Å². The molecule has 1 saturated heterocycles. The Labute approximate surface area is 225 Å². The van der Waals surface area contributed by atoms with Crippen LogP contribution >= 0.6 is 0 Å². The van der Waals surface area contributed by atoms with Crippen molar-refractivity contribution in [1.82, 2.24) is 14.7 Å². The average molecular weight is 530 g/mol. The smallest absolute Gasteiger partial charge is 0.415 e. The van der Waals surface area contributed by atoms with Gasteiger partial charge < -0.3 is 35.6 Å². The molecule has 210 valence electrons. The molecule has 38 heavy (non-hydrogen) atoms. The quantitative estimate of drug-likeness (QED) is 0.391. The predicted octanol–water partition coefficient (Wildman–Crippen LogP) is 1.66. The first-order valence-corrected chi connectivity index (χ1v) is 13.8. The molecule has 1 fully saturated rings. The lowest BCUT2D eigenvalue weighted by Gasteiger charge is -2.32. The van der Waals surface area contributed by atoms with E-state index < -0.39 is 23.7 Å². The summed E-state index contributed by atoms with van der Waals surface area (Å²) < 4.78 is 12.2. The van der Waals surface area contributed by atoms with E-state index in [2.05, 4.69) is 11.9 Å². The number of ketones is 1. The number of carbonyl (C=O) groups excluding carboxylic acids is 3. The van der Waals surface area contributed by atoms with Gasteiger partial charge in [0.05, 0.1) is 11.5 Å². The Hall–Kier alpha value is -2.69. The lowest BCUT2D eigenvalue weighted by atomic mass is 9.68. The highest BCUT2D eigenvalue weighted by Gasteiger charge is 2.61. The van der Waals surface area contributed by atoms with Crippen LogP contribution in [0.25, 0.3) is 0 Å². The van der Waals surface area contributed by atoms with Crippen LogP contribution in [0.2, 0.25) is 0 Å². The molecule has 1 aliphatic carbocycles. The monoisotopic (exact) mass is 529 g/mol. The second-order valence-corrected chi connectivity index (χ2v) is 11.2. The van der Waals surface area contributed by atoms with E-state index in [-0.39, 0.29) is 18.2 Å². The summed E-state index contributed by atoms with van der Waals surface area (Å²) in [5.74, 6) is 0.816. The van der Waals surface area contributed by atoms with Crippen LogP contribution in [-0.2, 0) is 21.4 Å². The number of likely N-dealkylation sites (N-methyl/N-ethyl adjacent to an activating group) is 3. The molecule has 2 bridgehead atoms. The molecule has 2 aliphatic heterocycles. The fraction of sp³-hybridized carbons (Fsp3) is 0.679. The van der Waals surface area contributed by atoms with E-state index >= 15 is 0 Å². The summed E-state index contributed by atoms with van der Waals surface area (Å²) in [6, 6.07) is 3.59. The van der Waals surface area contributed by atoms with Crippen LogP contribution in [0.5, 0.6) is 11.5 Å². The molecule has 1 aromatic carbocycles. The predicted molar refractivity (Wildman–Crippen MR) is 144 cm³/mol. The van der Waals surface area contributed by atoms with Gasteiger partial charge in [0.1, 0.15) is 0 Å². The third-order valence-corrected chi connectivity index (χ3v) is 8.38. The van der Waals surface area contributed by atoms with Crippen LogP contribution in [-0.4, -0.2) is 98.0 Å². The first-order chi connectivity index (χ1) is 18.1. The van der Waals surface area contributed by atoms with Gasteiger partial charge in [-0.05, 0) is 57.3 Å². The largest absolute Gasteiger partial charge is 0.477 e. The topological polar surface area (TPSA) is 131 Å². The standard InChI is InChI=1S/C28H43N5O5/c1-5-8-21(34)25-28-16-19(33(4)17-28)15-18-10-11-22(24(38-25)23(18)28)37-27(36)32(3)14-13-31(2)26(35)20(30)9-6-7-12-29/h10-11,19-20,25H,5-9,12-17,29-30H2,1-4H3/t19-,20+,25?,28-/m1/s1. The number of unbranched alkanes of at least 4 members (excludes halogenated alkanes) is 1. The minimum Gasteiger partial charge on any atom is -0.477 e. The second kappa shape index (κ2) is 11.6. The van der Waals surface area contributed by atoms with E-state index in [0.717, 1.165) is 44.2 Å². The first-order valence-electron chi connectivity index (χ1n) is 13.8. The number of amides is 2. The summed E-state index contributed by atoms with van der Waals surface area (Å²) in [4.78, 5) is 44.0. The summed E-state index contributed by atoms with van der Waals surface area (Å²) in [5, 5.41) is 0. The fourth-order valence-corrected chi connectivity index (χ4v) is 6.29. The number of ether oxygens (including phenoxy) is 2. The van der Waals surface area contributed by atoms with Crippen LogP contribution in [0.1, 0.15) is 56.6 Å². The molecule has 0 radical (unpaired) electrons. The van der Waals surface area contributed by atoms with Crippen molar-refractivity contribution in [3.05, 3.63) is 23.3 Å². The van der Waals surface area contributed by atoms with Crippen molar-refractivity contribution in [3.8, 4) is 11.5 Å². The Morgan fingerprint density at radius 1 is 1.21 bits per heavy atom. The van der Waals surface area contributed by atoms with E-state index in [1.165, 1.54) is 10.5 Å². The molecule has 0 saturated carbocycles. The van der Waals surface area contributed by atoms with Crippen LogP contribution < -0.4 is 20.9 Å². The fourth-order valence-electron chi connectivity index (χ4n) is 6.29. The molecule has 1 aromatic rings. The number of hydrogen-bond donors (Lipinski definition) is 2. The van der Waals surface area contributed by atoms with Gasteiger partial charge in [0.25, 0.3) is 0 Å². The number of likely N-dealkylation sites (tertiary alicyclic amines) is 1. The molecule has 4 rings (SSSR count). The summed E-state index contributed by atoms with van der Waals surface area (Å²) >= 11 is 0. The SMILES string of the molecule is CCCC(=O)C1Oc2c(OC(=O)N(C)CCN(C)C(=O)[C@@H](N)CCCCN)ccc3c2[C@]12C[C@@H](C3)N(C)C2. The summed E-state index contributed by atoms with van der Waals surface area (Å²) in [6.45, 7) is 3.94. The molecule has 0 aromatic heterocycles. The van der Waals surface area contributed by atoms with Crippen LogP contribution in [0, 0.1) is 0 Å². The maximum absolute atomic E-state index is 13.2. The van der Waals surface area contributed by atoms with E-state index in [1.807, 2.05) is 13.0 Å². The highest BCUT2D eigenvalue weighted by atomic mass is 16.6. The van der Waals surface area contributed by atoms with E-state index in [4.69, 9.17) is 20.9 Å². The van der Waals surface area contributed by atoms with Crippen molar-refractivity contribution in [3.63, 3.8) is 0 Å². The van der Waals surface area contributed by atoms with Crippen molar-refractivity contribution in [1.29, 1.82) is 0 Å². The molecule has 4 N–H and O–H groups in total. The summed E-state index contributed by atoms with van der Waals surface area (Å²) in [5.41, 5.74) is 13.4. The zero-order valence-electron chi connectivity index (χ0n) is 23.2. The normalized spacial score (nSPS) is 23.9. The maximum Gasteiger partial charge on any atom is 0.415 e. The Morgan fingerprint density at radius 3 is 2.66 bits per heavy atom. The molecule has 1 unspecified atom stereocenters. The number of carbonyl (C=O) groups is 3. The van der Waals surface area contributed by atoms with Crippen molar-refractivity contribution in [2.45, 2.75) is 75.5 Å². The van der Waals surface area contributed by atoms with Crippen molar-refractivity contribution in [2.24, 2.45) is 11.5 Å². The second-order valence-electron chi connectivity index (χ2n) is 11.2. The lowest BCUT2D eigenvalue weighted by molar-refractivity contribution is -0.131. The Kier molecular flexibility index (Phi) is 8.64. The number of Topliss-reactive ketones (excluding diaryl/α,β-unsaturated/α-hetero) is 1. The summed E-state index contributed by atoms with van der Waals surface area (Å²) in [7, 11) is 5.42. The number of rotatable bonds is 12. The molecule has 1 spiro atoms. The van der Waals surface area contributed by atoms with Gasteiger partial charge in [-0.1, -0.05) is 19.4 Å². The highest BCUT2D eigenvalue weighted by Crippen LogP contribution is 2.58. The van der Waals surface area contributed by atoms with Gasteiger partial charge in [0, 0.05) is 51.8 Å². The number of nitrogens with two attached hydrogens (primary N) is 2. The molecule has 2 heterocycles. The van der Waals surface area contributed by atoms with Crippen molar-refractivity contribution < 1.29 is 23.9 Å². The molecule has 10 heteroatoms. The molecule has 10 nitrogen and oxygen atoms in total. The zero-order chi connectivity index (χ0) is 27.6. The molecular formula is C28H43N5O5. The number of nitrogens with zero attached hydrogens (tertiary/aromatic N) is 3. The van der Waals surface area contributed by atoms with Gasteiger partial charge in [-0.15, -0.1) is 0 Å². The molecular weight excluding hydrogens is 486 g/mol. The van der Waals surface area contributed by atoms with Gasteiger partial charge in [-0.25, -0.2) is 4.79 Å². The summed E-state index contributed by atoms with van der Waals surface area (Å²) in [6.07, 6.45) is 4.10. The van der Waals surface area contributed by atoms with Gasteiger partial charge in [0.2, 0.25) is 5.91 Å². The number of fused-ring (bicyclic) bond motifs is 1. The Bertz CT molecular complexity index is 1060. The average Bonchev–Trinajstić information content (AvgIpc) is 3.37. The minimum atomic E-state index is -0.578. The van der Waals surface area contributed by atoms with E-state index in [9.17, 15) is 14.4 Å². The van der Waals surface area contributed by atoms with Crippen LogP contribution in [0.4, 0.5) is 4.79 Å². The molecule has 3 aliphatic rings. The van der Waals surface area contributed by atoms with Gasteiger partial charge in [0.15, 0.2) is 23.4 Å². The molecule has 2 amide bonds. The third kappa shape index (κ3) is 5.26. The zero-order valence-corrected chi connectivity index (χ0v) is 23.2. The van der Waals surface area contributed by atoms with Crippen molar-refractivity contribution >= 4 is 17.8 Å². The van der Waals surface area contributed by atoms with E-state index in [0.29, 0.717) is 43.5 Å². The van der Waals surface area contributed by atoms with Gasteiger partial charge in [-0.2, -0.15) is 0 Å².